The van der Waals surface area contributed by atoms with E-state index in [2.05, 4.69) is 6.92 Å². The number of halogens is 2. The minimum atomic E-state index is -3.63. The second-order valence-corrected chi connectivity index (χ2v) is 8.35. The molecule has 0 saturated carbocycles. The molecule has 1 aromatic carbocycles. The third-order valence-corrected chi connectivity index (χ3v) is 6.81. The van der Waals surface area contributed by atoms with Crippen molar-refractivity contribution in [3.8, 4) is 0 Å². The first kappa shape index (κ1) is 17.0. The molecule has 21 heavy (non-hydrogen) atoms. The van der Waals surface area contributed by atoms with Crippen LogP contribution in [0.4, 0.5) is 0 Å². The largest absolute Gasteiger partial charge is 0.326 e. The number of sulfonamides is 1. The van der Waals surface area contributed by atoms with Crippen molar-refractivity contribution in [2.24, 2.45) is 11.7 Å². The van der Waals surface area contributed by atoms with Crippen LogP contribution >= 0.6 is 23.2 Å². The Kier molecular flexibility index (Phi) is 5.21. The molecule has 0 aromatic heterocycles. The van der Waals surface area contributed by atoms with Crippen molar-refractivity contribution >= 4 is 33.2 Å². The van der Waals surface area contributed by atoms with Gasteiger partial charge in [0.15, 0.2) is 0 Å². The molecule has 2 atom stereocenters. The Morgan fingerprint density at radius 2 is 1.95 bits per heavy atom. The zero-order chi connectivity index (χ0) is 15.8. The van der Waals surface area contributed by atoms with Crippen LogP contribution in [0.2, 0.25) is 10.0 Å². The predicted molar refractivity (Wildman–Crippen MR) is 86.1 cm³/mol. The molecule has 0 radical (unpaired) electrons. The first-order chi connectivity index (χ1) is 9.77. The number of piperidine rings is 1. The highest BCUT2D eigenvalue weighted by molar-refractivity contribution is 7.89. The van der Waals surface area contributed by atoms with Gasteiger partial charge in [-0.25, -0.2) is 8.42 Å². The third kappa shape index (κ3) is 3.37. The topological polar surface area (TPSA) is 63.4 Å². The summed E-state index contributed by atoms with van der Waals surface area (Å²) in [5.74, 6) is 0.534. The molecule has 1 saturated heterocycles. The maximum absolute atomic E-state index is 12.9. The molecule has 1 heterocycles. The molecule has 7 heteroatoms. The van der Waals surface area contributed by atoms with Gasteiger partial charge in [0.25, 0.3) is 0 Å². The van der Waals surface area contributed by atoms with Crippen LogP contribution in [0.25, 0.3) is 0 Å². The van der Waals surface area contributed by atoms with Crippen LogP contribution in [0.5, 0.6) is 0 Å². The minimum absolute atomic E-state index is 0.0354. The summed E-state index contributed by atoms with van der Waals surface area (Å²) in [6.07, 6.45) is 1.71. The van der Waals surface area contributed by atoms with E-state index in [1.165, 1.54) is 16.4 Å². The Bertz CT molecular complexity index is 634. The molecule has 1 aliphatic heterocycles. The normalized spacial score (nSPS) is 24.2. The molecule has 2 N–H and O–H groups in total. The molecule has 0 aliphatic carbocycles. The van der Waals surface area contributed by atoms with Crippen LogP contribution in [0, 0.1) is 5.92 Å². The number of nitrogens with two attached hydrogens (primary N) is 1. The van der Waals surface area contributed by atoms with Crippen molar-refractivity contribution in [2.45, 2.75) is 44.2 Å². The third-order valence-electron chi connectivity index (χ3n) is 3.98. The maximum Gasteiger partial charge on any atom is 0.244 e. The van der Waals surface area contributed by atoms with Gasteiger partial charge in [-0.1, -0.05) is 30.1 Å². The van der Waals surface area contributed by atoms with Gasteiger partial charge in [-0.3, -0.25) is 0 Å². The molecule has 1 aliphatic rings. The molecule has 1 aromatic rings. The number of rotatable bonds is 3. The van der Waals surface area contributed by atoms with Gasteiger partial charge in [-0.05, 0) is 43.4 Å². The van der Waals surface area contributed by atoms with Gasteiger partial charge in [0, 0.05) is 24.2 Å². The minimum Gasteiger partial charge on any atom is -0.326 e. The van der Waals surface area contributed by atoms with Crippen LogP contribution in [0.1, 0.15) is 32.3 Å². The van der Waals surface area contributed by atoms with E-state index in [4.69, 9.17) is 28.9 Å². The van der Waals surface area contributed by atoms with Gasteiger partial charge in [0.2, 0.25) is 10.0 Å². The van der Waals surface area contributed by atoms with E-state index in [-0.39, 0.29) is 22.5 Å². The lowest BCUT2D eigenvalue weighted by molar-refractivity contribution is 0.220. The number of hydrogen-bond acceptors (Lipinski definition) is 3. The summed E-state index contributed by atoms with van der Waals surface area (Å²) < 4.78 is 27.3. The molecular weight excluding hydrogens is 331 g/mol. The second kappa shape index (κ2) is 6.42. The highest BCUT2D eigenvalue weighted by Crippen LogP contribution is 2.34. The highest BCUT2D eigenvalue weighted by Gasteiger charge is 2.34. The molecule has 2 rings (SSSR count). The maximum atomic E-state index is 12.9. The van der Waals surface area contributed by atoms with Gasteiger partial charge in [-0.15, -0.1) is 0 Å². The zero-order valence-corrected chi connectivity index (χ0v) is 14.5. The lowest BCUT2D eigenvalue weighted by atomic mass is 9.95. The molecule has 0 amide bonds. The van der Waals surface area contributed by atoms with E-state index < -0.39 is 10.0 Å². The summed E-state index contributed by atoms with van der Waals surface area (Å²) in [6, 6.07) is 2.91. The smallest absolute Gasteiger partial charge is 0.244 e. The molecule has 1 fully saturated rings. The van der Waals surface area contributed by atoms with E-state index in [1.54, 1.807) is 0 Å². The predicted octanol–water partition coefficient (Wildman–Crippen LogP) is 3.26. The van der Waals surface area contributed by atoms with Crippen molar-refractivity contribution in [1.82, 2.24) is 4.31 Å². The van der Waals surface area contributed by atoms with Gasteiger partial charge >= 0.3 is 0 Å². The van der Waals surface area contributed by atoms with Gasteiger partial charge < -0.3 is 5.73 Å². The van der Waals surface area contributed by atoms with Crippen LogP contribution in [0.15, 0.2) is 17.0 Å². The summed E-state index contributed by atoms with van der Waals surface area (Å²) in [6.45, 7) is 4.76. The summed E-state index contributed by atoms with van der Waals surface area (Å²) in [5, 5.41) is 0.532. The molecule has 118 valence electrons. The lowest BCUT2D eigenvalue weighted by Crippen LogP contribution is -2.44. The average molecular weight is 351 g/mol. The first-order valence-corrected chi connectivity index (χ1v) is 9.16. The van der Waals surface area contributed by atoms with E-state index in [0.29, 0.717) is 23.0 Å². The second-order valence-electron chi connectivity index (χ2n) is 5.67. The number of nitrogens with zero attached hydrogens (tertiary/aromatic N) is 1. The van der Waals surface area contributed by atoms with E-state index in [1.807, 2.05) is 6.92 Å². The van der Waals surface area contributed by atoms with Gasteiger partial charge in [0.1, 0.15) is 4.90 Å². The van der Waals surface area contributed by atoms with E-state index in [9.17, 15) is 8.42 Å². The quantitative estimate of drug-likeness (QED) is 0.909. The van der Waals surface area contributed by atoms with Crippen LogP contribution in [-0.2, 0) is 16.6 Å². The van der Waals surface area contributed by atoms with E-state index in [0.717, 1.165) is 12.8 Å². The van der Waals surface area contributed by atoms with Crippen LogP contribution in [-0.4, -0.2) is 25.3 Å². The van der Waals surface area contributed by atoms with E-state index >= 15 is 0 Å². The highest BCUT2D eigenvalue weighted by atomic mass is 35.5. The van der Waals surface area contributed by atoms with Crippen LogP contribution in [0.3, 0.4) is 0 Å². The van der Waals surface area contributed by atoms with Crippen molar-refractivity contribution in [1.29, 1.82) is 0 Å². The summed E-state index contributed by atoms with van der Waals surface area (Å²) in [5.41, 5.74) is 6.18. The van der Waals surface area contributed by atoms with Crippen molar-refractivity contribution < 1.29 is 8.42 Å². The van der Waals surface area contributed by atoms with Crippen LogP contribution < -0.4 is 5.73 Å². The average Bonchev–Trinajstić information content (AvgIpc) is 2.37. The molecule has 2 unspecified atom stereocenters. The molecular formula is C14H20Cl2N2O2S. The van der Waals surface area contributed by atoms with Crippen molar-refractivity contribution in [3.63, 3.8) is 0 Å². The lowest BCUT2D eigenvalue weighted by Gasteiger charge is -2.35. The Morgan fingerprint density at radius 1 is 1.29 bits per heavy atom. The molecule has 4 nitrogen and oxygen atoms in total. The number of hydrogen-bond donors (Lipinski definition) is 1. The fraction of sp³-hybridized carbons (Fsp3) is 0.571. The Hall–Kier alpha value is -0.330. The van der Waals surface area contributed by atoms with Crippen molar-refractivity contribution in [2.75, 3.05) is 6.54 Å². The Balaban J connectivity index is 2.44. The molecule has 0 bridgehead atoms. The molecule has 0 spiro atoms. The number of benzene rings is 1. The van der Waals surface area contributed by atoms with Gasteiger partial charge in [0.05, 0.1) is 5.02 Å². The Labute approximate surface area is 136 Å². The summed E-state index contributed by atoms with van der Waals surface area (Å²) in [4.78, 5) is 0.0930. The summed E-state index contributed by atoms with van der Waals surface area (Å²) in [7, 11) is -3.63. The van der Waals surface area contributed by atoms with Gasteiger partial charge in [-0.2, -0.15) is 4.31 Å². The fourth-order valence-corrected chi connectivity index (χ4v) is 5.30. The fourth-order valence-electron chi connectivity index (χ4n) is 2.79. The standard InChI is InChI=1S/C14H20Cl2N2O2S/c1-9-3-4-18(10(2)5-9)21(19,20)14-6-11(8-17)12(15)7-13(14)16/h6-7,9-10H,3-5,8,17H2,1-2H3. The summed E-state index contributed by atoms with van der Waals surface area (Å²) >= 11 is 12.1. The Morgan fingerprint density at radius 3 is 2.52 bits per heavy atom. The zero-order valence-electron chi connectivity index (χ0n) is 12.1. The SMILES string of the molecule is CC1CCN(S(=O)(=O)c2cc(CN)c(Cl)cc2Cl)C(C)C1. The van der Waals surface area contributed by atoms with Crippen molar-refractivity contribution in [3.05, 3.63) is 27.7 Å². The monoisotopic (exact) mass is 350 g/mol. The first-order valence-electron chi connectivity index (χ1n) is 6.97.